The number of hydrogen-bond acceptors (Lipinski definition) is 10. The molecule has 5 heterocycles. The van der Waals surface area contributed by atoms with E-state index < -0.39 is 17.2 Å². The van der Waals surface area contributed by atoms with Crippen LogP contribution in [0.2, 0.25) is 0 Å². The zero-order chi connectivity index (χ0) is 42.1. The van der Waals surface area contributed by atoms with Gasteiger partial charge in [-0.05, 0) is 65.8 Å². The summed E-state index contributed by atoms with van der Waals surface area (Å²) in [6.45, 7) is 4.53. The number of amides is 1. The molecular weight excluding hydrogens is 773 g/mol. The second-order valence-electron chi connectivity index (χ2n) is 15.3. The van der Waals surface area contributed by atoms with Gasteiger partial charge in [-0.25, -0.2) is 15.3 Å². The van der Waals surface area contributed by atoms with Gasteiger partial charge in [0.2, 0.25) is 5.91 Å². The van der Waals surface area contributed by atoms with E-state index in [9.17, 15) is 19.5 Å². The third-order valence-electron chi connectivity index (χ3n) is 11.8. The fraction of sp³-hybridized carbons (Fsp3) is 0.250. The summed E-state index contributed by atoms with van der Waals surface area (Å²) in [6, 6.07) is 37.0. The van der Waals surface area contributed by atoms with Crippen molar-refractivity contribution in [3.63, 3.8) is 0 Å². The summed E-state index contributed by atoms with van der Waals surface area (Å²) in [5, 5.41) is 20.7. The van der Waals surface area contributed by atoms with Gasteiger partial charge in [0, 0.05) is 29.5 Å². The molecule has 13 heteroatoms. The number of aryl methyl sites for hydroxylation is 2. The lowest BCUT2D eigenvalue weighted by Crippen LogP contribution is -2.44. The number of ether oxygens (including phenoxy) is 2. The lowest BCUT2D eigenvalue weighted by Gasteiger charge is -2.35. The van der Waals surface area contributed by atoms with Crippen LogP contribution < -0.4 is 15.8 Å². The molecule has 9 rings (SSSR count). The average molecular weight is 817 g/mol. The minimum absolute atomic E-state index is 0.0792. The van der Waals surface area contributed by atoms with Crippen molar-refractivity contribution < 1.29 is 29.0 Å². The molecule has 0 radical (unpaired) electrons. The van der Waals surface area contributed by atoms with Gasteiger partial charge in [0.15, 0.2) is 11.2 Å². The molecule has 2 N–H and O–H groups in total. The van der Waals surface area contributed by atoms with E-state index in [2.05, 4.69) is 22.7 Å². The summed E-state index contributed by atoms with van der Waals surface area (Å²) in [7, 11) is 0. The van der Waals surface area contributed by atoms with Crippen LogP contribution >= 0.6 is 0 Å². The number of nitrogens with zero attached hydrogens (tertiary/aromatic N) is 5. The number of hydroxylamine groups is 1. The van der Waals surface area contributed by atoms with Gasteiger partial charge in [0.25, 0.3) is 5.56 Å². The number of carbonyl (C=O) groups excluding carboxylic acids is 2. The van der Waals surface area contributed by atoms with Crippen LogP contribution in [0, 0.1) is 0 Å². The van der Waals surface area contributed by atoms with E-state index in [-0.39, 0.29) is 37.5 Å². The molecule has 61 heavy (non-hydrogen) atoms. The normalized spacial score (nSPS) is 15.5. The Bertz CT molecular complexity index is 2730. The third-order valence-corrected chi connectivity index (χ3v) is 11.8. The van der Waals surface area contributed by atoms with E-state index in [0.717, 1.165) is 38.7 Å². The molecule has 1 amide bonds. The van der Waals surface area contributed by atoms with Crippen LogP contribution in [0.25, 0.3) is 22.3 Å². The van der Waals surface area contributed by atoms with E-state index in [1.54, 1.807) is 28.4 Å². The van der Waals surface area contributed by atoms with E-state index >= 15 is 0 Å². The van der Waals surface area contributed by atoms with Gasteiger partial charge in [0.05, 0.1) is 35.2 Å². The van der Waals surface area contributed by atoms with Crippen molar-refractivity contribution in [2.24, 2.45) is 0 Å². The Labute approximate surface area is 351 Å². The number of esters is 1. The highest BCUT2D eigenvalue weighted by Crippen LogP contribution is 2.42. The van der Waals surface area contributed by atoms with E-state index in [4.69, 9.17) is 19.3 Å². The zero-order valence-corrected chi connectivity index (χ0v) is 33.8. The van der Waals surface area contributed by atoms with Gasteiger partial charge in [0.1, 0.15) is 24.7 Å². The van der Waals surface area contributed by atoms with Gasteiger partial charge in [-0.2, -0.15) is 0 Å². The Morgan fingerprint density at radius 2 is 1.57 bits per heavy atom. The topological polar surface area (TPSA) is 160 Å². The Balaban J connectivity index is 0.853. The molecule has 0 bridgehead atoms. The highest BCUT2D eigenvalue weighted by Gasteiger charge is 2.45. The highest BCUT2D eigenvalue weighted by molar-refractivity contribution is 5.90. The molecule has 0 unspecified atom stereocenters. The number of aromatic nitrogens is 5. The summed E-state index contributed by atoms with van der Waals surface area (Å²) in [5.74, 6) is -0.385. The number of carbonyl (C=O) groups is 2. The number of aliphatic hydroxyl groups is 1. The Hall–Kier alpha value is -6.96. The largest absolute Gasteiger partial charge is 0.487 e. The first-order valence-corrected chi connectivity index (χ1v) is 20.5. The fourth-order valence-corrected chi connectivity index (χ4v) is 8.59. The summed E-state index contributed by atoms with van der Waals surface area (Å²) >= 11 is 0. The molecule has 13 nitrogen and oxygen atoms in total. The highest BCUT2D eigenvalue weighted by atomic mass is 16.7. The van der Waals surface area contributed by atoms with Crippen LogP contribution in [0.1, 0.15) is 77.7 Å². The Kier molecular flexibility index (Phi) is 10.5. The van der Waals surface area contributed by atoms with Gasteiger partial charge in [-0.3, -0.25) is 19.1 Å². The van der Waals surface area contributed by atoms with E-state index in [1.165, 1.54) is 0 Å². The Morgan fingerprint density at radius 3 is 2.21 bits per heavy atom. The standard InChI is InChI=1S/C48H44N6O7/c1-3-36-37-25-35(22-23-41(37)49-44-38(36)28-54-42(44)26-40-39(45(54)56)30-60-46(57)47(40,58)4-2)59-29-34-27-53(52-50-34)24-14-21-43(55)51-61-48(31-15-8-5-9-16-31,32-17-10-6-11-18-32)33-19-12-7-13-20-33/h5-13,15-20,22-23,25-27,58H,3-4,14,21,24,28-30H2,1-2H3,(H,51,55)/t47-/m0/s1. The molecule has 3 aromatic heterocycles. The summed E-state index contributed by atoms with van der Waals surface area (Å²) in [6.07, 6.45) is 3.26. The first kappa shape index (κ1) is 39.5. The predicted molar refractivity (Wildman–Crippen MR) is 226 cm³/mol. The summed E-state index contributed by atoms with van der Waals surface area (Å²) < 4.78 is 14.8. The maximum absolute atomic E-state index is 13.7. The van der Waals surface area contributed by atoms with Crippen LogP contribution in [0.4, 0.5) is 0 Å². The number of benzene rings is 4. The van der Waals surface area contributed by atoms with Crippen LogP contribution in [0.3, 0.4) is 0 Å². The molecule has 0 aliphatic carbocycles. The average Bonchev–Trinajstić information content (AvgIpc) is 3.92. The molecule has 0 saturated heterocycles. The SMILES string of the molecule is CCc1c2c(nc3ccc(OCc4cn(CCCC(=O)NOC(c5ccccc5)(c5ccccc5)c5ccccc5)nn4)cc13)-c1cc3c(c(=O)n1C2)COC(=O)[C@]3(O)CC. The monoisotopic (exact) mass is 816 g/mol. The molecule has 0 saturated carbocycles. The lowest BCUT2D eigenvalue weighted by atomic mass is 9.80. The van der Waals surface area contributed by atoms with Crippen molar-refractivity contribution in [3.05, 3.63) is 176 Å². The smallest absolute Gasteiger partial charge is 0.343 e. The quantitative estimate of drug-likeness (QED) is 0.0693. The fourth-order valence-electron chi connectivity index (χ4n) is 8.59. The Morgan fingerprint density at radius 1 is 0.902 bits per heavy atom. The molecule has 308 valence electrons. The lowest BCUT2D eigenvalue weighted by molar-refractivity contribution is -0.172. The number of rotatable bonds is 14. The van der Waals surface area contributed by atoms with Gasteiger partial charge >= 0.3 is 5.97 Å². The molecule has 2 aliphatic heterocycles. The van der Waals surface area contributed by atoms with E-state index in [1.807, 2.05) is 109 Å². The van der Waals surface area contributed by atoms with Crippen molar-refractivity contribution in [1.29, 1.82) is 0 Å². The molecular formula is C48H44N6O7. The minimum Gasteiger partial charge on any atom is -0.487 e. The maximum Gasteiger partial charge on any atom is 0.343 e. The van der Waals surface area contributed by atoms with Crippen LogP contribution in [-0.2, 0) is 63.1 Å². The van der Waals surface area contributed by atoms with Gasteiger partial charge in [-0.1, -0.05) is 110 Å². The first-order valence-electron chi connectivity index (χ1n) is 20.5. The number of hydrogen-bond donors (Lipinski definition) is 2. The molecule has 0 fully saturated rings. The van der Waals surface area contributed by atoms with Crippen molar-refractivity contribution in [3.8, 4) is 17.1 Å². The molecule has 1 atom stereocenters. The second-order valence-corrected chi connectivity index (χ2v) is 15.3. The third kappa shape index (κ3) is 7.05. The maximum atomic E-state index is 13.7. The number of nitrogens with one attached hydrogen (secondary N) is 1. The first-order chi connectivity index (χ1) is 29.7. The van der Waals surface area contributed by atoms with Crippen molar-refractivity contribution in [2.75, 3.05) is 0 Å². The zero-order valence-electron chi connectivity index (χ0n) is 33.8. The molecule has 7 aromatic rings. The minimum atomic E-state index is -1.89. The predicted octanol–water partition coefficient (Wildman–Crippen LogP) is 6.63. The van der Waals surface area contributed by atoms with Crippen LogP contribution in [0.15, 0.2) is 126 Å². The molecule has 0 spiro atoms. The number of cyclic esters (lactones) is 1. The van der Waals surface area contributed by atoms with Crippen LogP contribution in [0.5, 0.6) is 5.75 Å². The second kappa shape index (κ2) is 16.2. The summed E-state index contributed by atoms with van der Waals surface area (Å²) in [4.78, 5) is 51.0. The van der Waals surface area contributed by atoms with Crippen molar-refractivity contribution >= 4 is 22.8 Å². The van der Waals surface area contributed by atoms with Gasteiger partial charge < -0.3 is 19.1 Å². The molecule has 2 aliphatic rings. The molecule has 4 aromatic carbocycles. The van der Waals surface area contributed by atoms with Crippen LogP contribution in [-0.4, -0.2) is 41.5 Å². The summed E-state index contributed by atoms with van der Waals surface area (Å²) in [5.41, 5.74) is 7.29. The van der Waals surface area contributed by atoms with Gasteiger partial charge in [-0.15, -0.1) is 5.10 Å². The number of pyridine rings is 2. The van der Waals surface area contributed by atoms with Crippen molar-refractivity contribution in [2.45, 2.75) is 77.0 Å². The van der Waals surface area contributed by atoms with Crippen molar-refractivity contribution in [1.82, 2.24) is 30.0 Å². The number of fused-ring (bicyclic) bond motifs is 5. The van der Waals surface area contributed by atoms with E-state index in [0.29, 0.717) is 59.9 Å².